The number of rotatable bonds is 7. The topological polar surface area (TPSA) is 107 Å². The number of nitrogens with two attached hydrogens (primary N) is 1. The van der Waals surface area contributed by atoms with Crippen LogP contribution >= 0.6 is 0 Å². The molecule has 0 bridgehead atoms. The first-order valence-electron chi connectivity index (χ1n) is 7.36. The summed E-state index contributed by atoms with van der Waals surface area (Å²) in [7, 11) is 0.646. The van der Waals surface area contributed by atoms with Gasteiger partial charge < -0.3 is 25.8 Å². The second kappa shape index (κ2) is 7.40. The van der Waals surface area contributed by atoms with E-state index in [0.717, 1.165) is 19.4 Å². The van der Waals surface area contributed by atoms with Crippen LogP contribution in [0.15, 0.2) is 0 Å². The molecule has 6 nitrogen and oxygen atoms in total. The van der Waals surface area contributed by atoms with E-state index in [0.29, 0.717) is 19.4 Å². The zero-order valence-electron chi connectivity index (χ0n) is 12.5. The number of hydrogen-bond donors (Lipinski definition) is 4. The maximum Gasteiger partial charge on any atom is 0.451 e. The molecule has 0 amide bonds. The average Bonchev–Trinajstić information content (AvgIpc) is 2.38. The molecule has 1 saturated carbocycles. The largest absolute Gasteiger partial charge is 0.480 e. The van der Waals surface area contributed by atoms with Gasteiger partial charge in [-0.25, -0.2) is 0 Å². The van der Waals surface area contributed by atoms with Crippen molar-refractivity contribution in [1.82, 2.24) is 4.90 Å². The molecule has 3 atom stereocenters. The van der Waals surface area contributed by atoms with E-state index < -0.39 is 18.6 Å². The van der Waals surface area contributed by atoms with Crippen LogP contribution in [0.2, 0.25) is 6.32 Å². The minimum absolute atomic E-state index is 0.0553. The smallest absolute Gasteiger partial charge is 0.451 e. The highest BCUT2D eigenvalue weighted by Gasteiger charge is 2.46. The van der Waals surface area contributed by atoms with E-state index in [9.17, 15) is 9.90 Å². The summed E-state index contributed by atoms with van der Waals surface area (Å²) in [6.07, 6.45) is 2.98. The van der Waals surface area contributed by atoms with Crippen molar-refractivity contribution in [2.75, 3.05) is 20.1 Å². The standard InChI is InChI=1S/C13H27BN2O4/c1-3-16(2)9-11-5-4-10(6-7-14(19)20)8-13(11,15)12(17)18/h10-11,19-20H,3-9,15H2,1-2H3,(H,17,18). The Morgan fingerprint density at radius 2 is 2.10 bits per heavy atom. The van der Waals surface area contributed by atoms with Crippen LogP contribution in [-0.4, -0.2) is 58.8 Å². The van der Waals surface area contributed by atoms with Crippen LogP contribution < -0.4 is 5.73 Å². The Bertz CT molecular complexity index is 329. The van der Waals surface area contributed by atoms with Gasteiger partial charge in [-0.2, -0.15) is 0 Å². The Labute approximate surface area is 121 Å². The van der Waals surface area contributed by atoms with Gasteiger partial charge in [-0.1, -0.05) is 13.3 Å². The van der Waals surface area contributed by atoms with E-state index in [1.807, 2.05) is 14.0 Å². The van der Waals surface area contributed by atoms with Gasteiger partial charge in [0.15, 0.2) is 0 Å². The maximum absolute atomic E-state index is 11.6. The van der Waals surface area contributed by atoms with Crippen LogP contribution in [0.5, 0.6) is 0 Å². The molecule has 5 N–H and O–H groups in total. The van der Waals surface area contributed by atoms with Crippen LogP contribution in [-0.2, 0) is 4.79 Å². The molecule has 0 aromatic carbocycles. The summed E-state index contributed by atoms with van der Waals surface area (Å²) in [5, 5.41) is 27.4. The van der Waals surface area contributed by atoms with Gasteiger partial charge >= 0.3 is 13.1 Å². The van der Waals surface area contributed by atoms with Crippen molar-refractivity contribution in [1.29, 1.82) is 0 Å². The van der Waals surface area contributed by atoms with E-state index in [4.69, 9.17) is 15.8 Å². The van der Waals surface area contributed by atoms with Crippen LogP contribution in [0.3, 0.4) is 0 Å². The molecule has 0 saturated heterocycles. The summed E-state index contributed by atoms with van der Waals surface area (Å²) in [6, 6.07) is 0. The molecule has 1 rings (SSSR count). The van der Waals surface area contributed by atoms with Gasteiger partial charge in [-0.05, 0) is 45.1 Å². The lowest BCUT2D eigenvalue weighted by atomic mass is 9.66. The summed E-state index contributed by atoms with van der Waals surface area (Å²) >= 11 is 0. The molecule has 20 heavy (non-hydrogen) atoms. The third-order valence-electron chi connectivity index (χ3n) is 4.58. The molecule has 1 aliphatic rings. The first-order valence-corrected chi connectivity index (χ1v) is 7.36. The Morgan fingerprint density at radius 1 is 1.45 bits per heavy atom. The second-order valence-corrected chi connectivity index (χ2v) is 6.10. The van der Waals surface area contributed by atoms with Crippen LogP contribution in [0.4, 0.5) is 0 Å². The van der Waals surface area contributed by atoms with Gasteiger partial charge in [0.05, 0.1) is 0 Å². The lowest BCUT2D eigenvalue weighted by Crippen LogP contribution is -2.59. The summed E-state index contributed by atoms with van der Waals surface area (Å²) in [6.45, 7) is 3.59. The van der Waals surface area contributed by atoms with Crippen LogP contribution in [0.25, 0.3) is 0 Å². The Hall–Kier alpha value is -0.625. The number of carboxylic acid groups (broad SMARTS) is 1. The van der Waals surface area contributed by atoms with E-state index in [-0.39, 0.29) is 18.2 Å². The minimum Gasteiger partial charge on any atom is -0.480 e. The molecule has 7 heteroatoms. The van der Waals surface area contributed by atoms with E-state index in [1.54, 1.807) is 0 Å². The number of carboxylic acids is 1. The summed E-state index contributed by atoms with van der Waals surface area (Å²) < 4.78 is 0. The summed E-state index contributed by atoms with van der Waals surface area (Å²) in [4.78, 5) is 13.7. The number of nitrogens with zero attached hydrogens (tertiary/aromatic N) is 1. The molecular weight excluding hydrogens is 259 g/mol. The summed E-state index contributed by atoms with van der Waals surface area (Å²) in [5.74, 6) is -0.845. The van der Waals surface area contributed by atoms with Gasteiger partial charge in [-0.15, -0.1) is 0 Å². The van der Waals surface area contributed by atoms with Crippen molar-refractivity contribution < 1.29 is 19.9 Å². The van der Waals surface area contributed by atoms with Crippen molar-refractivity contribution in [2.45, 2.75) is 44.5 Å². The number of hydrogen-bond acceptors (Lipinski definition) is 5. The highest BCUT2D eigenvalue weighted by molar-refractivity contribution is 6.40. The van der Waals surface area contributed by atoms with Crippen molar-refractivity contribution in [3.05, 3.63) is 0 Å². The highest BCUT2D eigenvalue weighted by atomic mass is 16.4. The van der Waals surface area contributed by atoms with Gasteiger partial charge in [0.25, 0.3) is 0 Å². The van der Waals surface area contributed by atoms with Crippen molar-refractivity contribution >= 4 is 13.1 Å². The lowest BCUT2D eigenvalue weighted by Gasteiger charge is -2.43. The van der Waals surface area contributed by atoms with Crippen LogP contribution in [0.1, 0.15) is 32.6 Å². The summed E-state index contributed by atoms with van der Waals surface area (Å²) in [5.41, 5.74) is 4.99. The number of carbonyl (C=O) groups is 1. The molecule has 0 spiro atoms. The zero-order valence-corrected chi connectivity index (χ0v) is 12.5. The monoisotopic (exact) mass is 286 g/mol. The van der Waals surface area contributed by atoms with Gasteiger partial charge in [0.1, 0.15) is 5.54 Å². The van der Waals surface area contributed by atoms with Gasteiger partial charge in [0, 0.05) is 12.5 Å². The number of aliphatic carboxylic acids is 1. The molecule has 1 fully saturated rings. The molecule has 0 aromatic rings. The molecule has 0 radical (unpaired) electrons. The fourth-order valence-electron chi connectivity index (χ4n) is 3.09. The molecule has 0 aromatic heterocycles. The zero-order chi connectivity index (χ0) is 15.3. The first-order chi connectivity index (χ1) is 9.29. The van der Waals surface area contributed by atoms with Gasteiger partial charge in [0.2, 0.25) is 0 Å². The molecule has 3 unspecified atom stereocenters. The second-order valence-electron chi connectivity index (χ2n) is 6.10. The Morgan fingerprint density at radius 3 is 2.60 bits per heavy atom. The molecule has 116 valence electrons. The minimum atomic E-state index is -1.32. The Balaban J connectivity index is 2.69. The SMILES string of the molecule is CCN(C)CC1CCC(CCB(O)O)CC1(N)C(=O)O. The normalized spacial score (nSPS) is 30.5. The van der Waals surface area contributed by atoms with Crippen molar-refractivity contribution in [3.63, 3.8) is 0 Å². The molecular formula is C13H27BN2O4. The average molecular weight is 286 g/mol. The van der Waals surface area contributed by atoms with Crippen LogP contribution in [0, 0.1) is 11.8 Å². The molecule has 0 heterocycles. The molecule has 0 aliphatic heterocycles. The van der Waals surface area contributed by atoms with Crippen molar-refractivity contribution in [3.8, 4) is 0 Å². The maximum atomic E-state index is 11.6. The quantitative estimate of drug-likeness (QED) is 0.491. The fourth-order valence-corrected chi connectivity index (χ4v) is 3.09. The van der Waals surface area contributed by atoms with Crippen molar-refractivity contribution in [2.24, 2.45) is 17.6 Å². The fraction of sp³-hybridized carbons (Fsp3) is 0.923. The molecule has 1 aliphatic carbocycles. The van der Waals surface area contributed by atoms with E-state index >= 15 is 0 Å². The lowest BCUT2D eigenvalue weighted by molar-refractivity contribution is -0.148. The van der Waals surface area contributed by atoms with Gasteiger partial charge in [-0.3, -0.25) is 4.79 Å². The first kappa shape index (κ1) is 17.4. The Kier molecular flexibility index (Phi) is 6.45. The highest BCUT2D eigenvalue weighted by Crippen LogP contribution is 2.38. The third kappa shape index (κ3) is 4.44. The van der Waals surface area contributed by atoms with E-state index in [1.165, 1.54) is 0 Å². The predicted octanol–water partition coefficient (Wildman–Crippen LogP) is -0.000600. The third-order valence-corrected chi connectivity index (χ3v) is 4.58. The van der Waals surface area contributed by atoms with E-state index in [2.05, 4.69) is 4.90 Å². The predicted molar refractivity (Wildman–Crippen MR) is 78.2 cm³/mol.